The lowest BCUT2D eigenvalue weighted by Gasteiger charge is -2.14. The zero-order valence-corrected chi connectivity index (χ0v) is 14.7. The van der Waals surface area contributed by atoms with E-state index in [2.05, 4.69) is 4.57 Å². The molecule has 1 unspecified atom stereocenters. The van der Waals surface area contributed by atoms with E-state index < -0.39 is 0 Å². The number of hydrogen-bond acceptors (Lipinski definition) is 2. The molecule has 1 aliphatic rings. The summed E-state index contributed by atoms with van der Waals surface area (Å²) in [5.74, 6) is 1.03. The van der Waals surface area contributed by atoms with Crippen LogP contribution in [0, 0.1) is 0 Å². The molecule has 2 heterocycles. The van der Waals surface area contributed by atoms with Crippen molar-refractivity contribution in [1.82, 2.24) is 9.55 Å². The summed E-state index contributed by atoms with van der Waals surface area (Å²) < 4.78 is 8.10. The van der Waals surface area contributed by atoms with Gasteiger partial charge in [-0.05, 0) is 48.7 Å². The van der Waals surface area contributed by atoms with Crippen LogP contribution in [0.1, 0.15) is 24.2 Å². The summed E-state index contributed by atoms with van der Waals surface area (Å²) in [7, 11) is 0. The van der Waals surface area contributed by atoms with E-state index in [1.54, 1.807) is 0 Å². The number of fused-ring (bicyclic) bond motifs is 1. The van der Waals surface area contributed by atoms with Crippen LogP contribution in [-0.2, 0) is 17.7 Å². The smallest absolute Gasteiger partial charge is 0.114 e. The van der Waals surface area contributed by atoms with Crippen molar-refractivity contribution in [2.24, 2.45) is 0 Å². The minimum absolute atomic E-state index is 0.266. The molecule has 3 nitrogen and oxygen atoms in total. The van der Waals surface area contributed by atoms with Gasteiger partial charge in [0.2, 0.25) is 0 Å². The fourth-order valence-corrected chi connectivity index (χ4v) is 3.56. The summed E-state index contributed by atoms with van der Waals surface area (Å²) in [6.07, 6.45) is 3.27. The third-order valence-electron chi connectivity index (χ3n) is 4.48. The summed E-state index contributed by atoms with van der Waals surface area (Å²) in [6.45, 7) is 1.69. The van der Waals surface area contributed by atoms with Crippen LogP contribution in [0.5, 0.6) is 0 Å². The first-order chi connectivity index (χ1) is 11.7. The fourth-order valence-electron chi connectivity index (χ4n) is 3.27. The number of imidazole rings is 1. The molecule has 1 saturated heterocycles. The Morgan fingerprint density at radius 2 is 1.88 bits per heavy atom. The van der Waals surface area contributed by atoms with Crippen molar-refractivity contribution in [2.75, 3.05) is 6.61 Å². The molecule has 0 saturated carbocycles. The van der Waals surface area contributed by atoms with Crippen LogP contribution in [-0.4, -0.2) is 22.3 Å². The molecule has 1 aromatic heterocycles. The Bertz CT molecular complexity index is 852. The number of hydrogen-bond donors (Lipinski definition) is 0. The van der Waals surface area contributed by atoms with Crippen LogP contribution in [0.15, 0.2) is 42.5 Å². The first-order valence-electron chi connectivity index (χ1n) is 8.20. The molecule has 0 spiro atoms. The monoisotopic (exact) mass is 360 g/mol. The predicted octanol–water partition coefficient (Wildman–Crippen LogP) is 5.11. The van der Waals surface area contributed by atoms with Crippen molar-refractivity contribution in [1.29, 1.82) is 0 Å². The summed E-state index contributed by atoms with van der Waals surface area (Å²) >= 11 is 12.1. The van der Waals surface area contributed by atoms with Crippen molar-refractivity contribution in [2.45, 2.75) is 31.9 Å². The molecule has 2 aromatic carbocycles. The highest BCUT2D eigenvalue weighted by atomic mass is 35.5. The molecule has 3 aromatic rings. The average Bonchev–Trinajstić information content (AvgIpc) is 3.18. The fraction of sp³-hybridized carbons (Fsp3) is 0.316. The largest absolute Gasteiger partial charge is 0.376 e. The maximum absolute atomic E-state index is 6.14. The van der Waals surface area contributed by atoms with Gasteiger partial charge in [0, 0.05) is 23.1 Å². The number of aromatic nitrogens is 2. The average molecular weight is 361 g/mol. The second-order valence-corrected chi connectivity index (χ2v) is 7.08. The molecule has 0 amide bonds. The molecule has 0 radical (unpaired) electrons. The molecule has 0 N–H and O–H groups in total. The second kappa shape index (κ2) is 6.75. The third-order valence-corrected chi connectivity index (χ3v) is 4.96. The number of ether oxygens (including phenoxy) is 1. The second-order valence-electron chi connectivity index (χ2n) is 6.21. The van der Waals surface area contributed by atoms with Crippen molar-refractivity contribution in [3.63, 3.8) is 0 Å². The quantitative estimate of drug-likeness (QED) is 0.646. The highest BCUT2D eigenvalue weighted by molar-refractivity contribution is 6.31. The van der Waals surface area contributed by atoms with E-state index in [0.717, 1.165) is 54.3 Å². The first-order valence-corrected chi connectivity index (χ1v) is 8.95. The highest BCUT2D eigenvalue weighted by Crippen LogP contribution is 2.25. The summed E-state index contributed by atoms with van der Waals surface area (Å²) in [4.78, 5) is 4.82. The SMILES string of the molecule is Clc1ccc(Cc2nc3cc(Cl)ccc3n2CC2CCCO2)cc1. The van der Waals surface area contributed by atoms with Gasteiger partial charge in [0.05, 0.1) is 23.7 Å². The Balaban J connectivity index is 1.72. The van der Waals surface area contributed by atoms with Gasteiger partial charge in [-0.1, -0.05) is 35.3 Å². The summed E-state index contributed by atoms with van der Waals surface area (Å²) in [5.41, 5.74) is 3.23. The third kappa shape index (κ3) is 3.30. The Hall–Kier alpha value is -1.55. The van der Waals surface area contributed by atoms with Gasteiger partial charge < -0.3 is 9.30 Å². The van der Waals surface area contributed by atoms with Crippen LogP contribution in [0.2, 0.25) is 10.0 Å². The molecule has 5 heteroatoms. The molecular formula is C19H18Cl2N2O. The van der Waals surface area contributed by atoms with Gasteiger partial charge in [-0.15, -0.1) is 0 Å². The molecular weight excluding hydrogens is 343 g/mol. The molecule has 4 rings (SSSR count). The van der Waals surface area contributed by atoms with Crippen LogP contribution in [0.3, 0.4) is 0 Å². The maximum atomic E-state index is 6.14. The van der Waals surface area contributed by atoms with E-state index in [1.807, 2.05) is 42.5 Å². The summed E-state index contributed by atoms with van der Waals surface area (Å²) in [6, 6.07) is 13.8. The van der Waals surface area contributed by atoms with Gasteiger partial charge in [-0.25, -0.2) is 4.98 Å². The van der Waals surface area contributed by atoms with Gasteiger partial charge in [-0.2, -0.15) is 0 Å². The molecule has 1 fully saturated rings. The zero-order chi connectivity index (χ0) is 16.5. The van der Waals surface area contributed by atoms with Crippen LogP contribution >= 0.6 is 23.2 Å². The first kappa shape index (κ1) is 15.9. The Kier molecular flexibility index (Phi) is 4.49. The molecule has 1 atom stereocenters. The lowest BCUT2D eigenvalue weighted by Crippen LogP contribution is -2.17. The van der Waals surface area contributed by atoms with Gasteiger partial charge in [0.25, 0.3) is 0 Å². The maximum Gasteiger partial charge on any atom is 0.114 e. The highest BCUT2D eigenvalue weighted by Gasteiger charge is 2.20. The van der Waals surface area contributed by atoms with Crippen LogP contribution in [0.4, 0.5) is 0 Å². The van der Waals surface area contributed by atoms with Gasteiger partial charge in [0.1, 0.15) is 5.82 Å². The standard InChI is InChI=1S/C19H18Cl2N2O/c20-14-5-3-13(4-6-14)10-19-22-17-11-15(21)7-8-18(17)23(19)12-16-2-1-9-24-16/h3-8,11,16H,1-2,9-10,12H2. The van der Waals surface area contributed by atoms with E-state index in [1.165, 1.54) is 5.56 Å². The van der Waals surface area contributed by atoms with Crippen molar-refractivity contribution >= 4 is 34.2 Å². The number of halogens is 2. The van der Waals surface area contributed by atoms with Gasteiger partial charge in [-0.3, -0.25) is 0 Å². The summed E-state index contributed by atoms with van der Waals surface area (Å²) in [5, 5.41) is 1.46. The minimum Gasteiger partial charge on any atom is -0.376 e. The Morgan fingerprint density at radius 3 is 2.62 bits per heavy atom. The van der Waals surface area contributed by atoms with E-state index >= 15 is 0 Å². The van der Waals surface area contributed by atoms with Gasteiger partial charge >= 0.3 is 0 Å². The normalized spacial score (nSPS) is 17.7. The molecule has 0 aliphatic carbocycles. The molecule has 24 heavy (non-hydrogen) atoms. The van der Waals surface area contributed by atoms with E-state index in [9.17, 15) is 0 Å². The number of nitrogens with zero attached hydrogens (tertiary/aromatic N) is 2. The molecule has 1 aliphatic heterocycles. The van der Waals surface area contributed by atoms with E-state index in [0.29, 0.717) is 5.02 Å². The minimum atomic E-state index is 0.266. The van der Waals surface area contributed by atoms with E-state index in [-0.39, 0.29) is 6.10 Å². The lowest BCUT2D eigenvalue weighted by atomic mass is 10.1. The lowest BCUT2D eigenvalue weighted by molar-refractivity contribution is 0.0973. The number of benzene rings is 2. The topological polar surface area (TPSA) is 27.1 Å². The number of rotatable bonds is 4. The van der Waals surface area contributed by atoms with Crippen LogP contribution < -0.4 is 0 Å². The molecule has 0 bridgehead atoms. The zero-order valence-electron chi connectivity index (χ0n) is 13.2. The Labute approximate surface area is 151 Å². The van der Waals surface area contributed by atoms with Crippen molar-refractivity contribution in [3.05, 3.63) is 63.9 Å². The van der Waals surface area contributed by atoms with Crippen molar-refractivity contribution < 1.29 is 4.74 Å². The van der Waals surface area contributed by atoms with Crippen LogP contribution in [0.25, 0.3) is 11.0 Å². The van der Waals surface area contributed by atoms with E-state index in [4.69, 9.17) is 32.9 Å². The molecule has 124 valence electrons. The Morgan fingerprint density at radius 1 is 1.08 bits per heavy atom. The van der Waals surface area contributed by atoms with Crippen molar-refractivity contribution in [3.8, 4) is 0 Å². The van der Waals surface area contributed by atoms with Gasteiger partial charge in [0.15, 0.2) is 0 Å². The predicted molar refractivity (Wildman–Crippen MR) is 98.0 cm³/mol.